The van der Waals surface area contributed by atoms with Crippen molar-refractivity contribution in [3.05, 3.63) is 0 Å². The van der Waals surface area contributed by atoms with E-state index < -0.39 is 0 Å². The van der Waals surface area contributed by atoms with Crippen molar-refractivity contribution in [1.29, 1.82) is 0 Å². The first-order chi connectivity index (χ1) is 8.68. The monoisotopic (exact) mass is 268 g/mol. The zero-order chi connectivity index (χ0) is 14.8. The van der Waals surface area contributed by atoms with E-state index in [1.54, 1.807) is 0 Å². The molecule has 0 spiro atoms. The first-order valence-electron chi connectivity index (χ1n) is 7.72. The van der Waals surface area contributed by atoms with Crippen LogP contribution >= 0.6 is 0 Å². The van der Waals surface area contributed by atoms with E-state index in [4.69, 9.17) is 0 Å². The van der Waals surface area contributed by atoms with Crippen LogP contribution in [0.2, 0.25) is 0 Å². The van der Waals surface area contributed by atoms with E-state index >= 15 is 0 Å². The third-order valence-corrected chi connectivity index (χ3v) is 5.67. The van der Waals surface area contributed by atoms with E-state index in [0.717, 1.165) is 19.4 Å². The number of carbonyl (C=O) groups is 1. The van der Waals surface area contributed by atoms with Gasteiger partial charge < -0.3 is 10.6 Å². The van der Waals surface area contributed by atoms with E-state index in [9.17, 15) is 4.79 Å². The summed E-state index contributed by atoms with van der Waals surface area (Å²) in [6.07, 6.45) is 2.00. The fraction of sp³-hybridized carbons (Fsp3) is 0.938. The molecular weight excluding hydrogens is 236 g/mol. The lowest BCUT2D eigenvalue weighted by Crippen LogP contribution is -2.46. The highest BCUT2D eigenvalue weighted by atomic mass is 16.2. The molecule has 0 aromatic rings. The quantitative estimate of drug-likeness (QED) is 0.745. The van der Waals surface area contributed by atoms with E-state index in [2.05, 4.69) is 52.2 Å². The van der Waals surface area contributed by atoms with Crippen LogP contribution in [0.25, 0.3) is 0 Å². The van der Waals surface area contributed by atoms with Gasteiger partial charge in [-0.3, -0.25) is 4.79 Å². The van der Waals surface area contributed by atoms with Crippen molar-refractivity contribution in [3.8, 4) is 0 Å². The first-order valence-corrected chi connectivity index (χ1v) is 7.72. The minimum absolute atomic E-state index is 0.104. The molecular formula is C16H32N2O. The highest BCUT2D eigenvalue weighted by Crippen LogP contribution is 2.67. The maximum Gasteiger partial charge on any atom is 0.237 e. The summed E-state index contributed by atoms with van der Waals surface area (Å²) in [5, 5.41) is 6.50. The molecule has 2 N–H and O–H groups in total. The average molecular weight is 268 g/mol. The molecule has 0 aliphatic heterocycles. The smallest absolute Gasteiger partial charge is 0.237 e. The van der Waals surface area contributed by atoms with Crippen molar-refractivity contribution >= 4 is 5.91 Å². The topological polar surface area (TPSA) is 41.1 Å². The van der Waals surface area contributed by atoms with Crippen LogP contribution in [0.3, 0.4) is 0 Å². The third kappa shape index (κ3) is 3.31. The van der Waals surface area contributed by atoms with Crippen molar-refractivity contribution in [2.75, 3.05) is 6.54 Å². The third-order valence-electron chi connectivity index (χ3n) is 5.67. The van der Waals surface area contributed by atoms with Crippen LogP contribution in [0, 0.1) is 16.7 Å². The van der Waals surface area contributed by atoms with Gasteiger partial charge in [-0.25, -0.2) is 0 Å². The summed E-state index contributed by atoms with van der Waals surface area (Å²) < 4.78 is 0. The zero-order valence-electron chi connectivity index (χ0n) is 13.8. The average Bonchev–Trinajstić information content (AvgIpc) is 2.73. The van der Waals surface area contributed by atoms with Crippen molar-refractivity contribution in [3.63, 3.8) is 0 Å². The number of carbonyl (C=O) groups excluding carboxylic acids is 1. The number of hydrogen-bond donors (Lipinski definition) is 2. The molecule has 1 aliphatic rings. The lowest BCUT2D eigenvalue weighted by molar-refractivity contribution is -0.123. The Hall–Kier alpha value is -0.570. The van der Waals surface area contributed by atoms with E-state index in [1.165, 1.54) is 0 Å². The summed E-state index contributed by atoms with van der Waals surface area (Å²) in [6.45, 7) is 16.4. The summed E-state index contributed by atoms with van der Waals surface area (Å²) in [5.74, 6) is 0.786. The molecule has 112 valence electrons. The summed E-state index contributed by atoms with van der Waals surface area (Å²) in [4.78, 5) is 12.1. The van der Waals surface area contributed by atoms with Crippen LogP contribution < -0.4 is 10.6 Å². The molecule has 0 heterocycles. The summed E-state index contributed by atoms with van der Waals surface area (Å²) in [7, 11) is 0. The van der Waals surface area contributed by atoms with Crippen LogP contribution in [0.4, 0.5) is 0 Å². The molecule has 0 aromatic heterocycles. The van der Waals surface area contributed by atoms with Crippen molar-refractivity contribution < 1.29 is 4.79 Å². The predicted molar refractivity (Wildman–Crippen MR) is 81.0 cm³/mol. The van der Waals surface area contributed by atoms with Gasteiger partial charge >= 0.3 is 0 Å². The Morgan fingerprint density at radius 2 is 1.58 bits per heavy atom. The Bertz CT molecular complexity index is 305. The van der Waals surface area contributed by atoms with Crippen LogP contribution in [-0.4, -0.2) is 24.5 Å². The molecule has 19 heavy (non-hydrogen) atoms. The van der Waals surface area contributed by atoms with Gasteiger partial charge in [-0.2, -0.15) is 0 Å². The minimum Gasteiger partial charge on any atom is -0.352 e. The molecule has 1 atom stereocenters. The van der Waals surface area contributed by atoms with Crippen molar-refractivity contribution in [1.82, 2.24) is 10.6 Å². The molecule has 1 rings (SSSR count). The first kappa shape index (κ1) is 16.5. The SMILES string of the molecule is CCC(CC)NC(=O)C(C)NCC1C(C)(C)C1(C)C. The molecule has 0 bridgehead atoms. The Labute approximate surface area is 118 Å². The largest absolute Gasteiger partial charge is 0.352 e. The van der Waals surface area contributed by atoms with Gasteiger partial charge in [0.1, 0.15) is 0 Å². The molecule has 3 nitrogen and oxygen atoms in total. The van der Waals surface area contributed by atoms with E-state index in [-0.39, 0.29) is 11.9 Å². The normalized spacial score (nSPS) is 22.3. The number of nitrogens with one attached hydrogen (secondary N) is 2. The number of hydrogen-bond acceptors (Lipinski definition) is 2. The molecule has 0 aromatic carbocycles. The van der Waals surface area contributed by atoms with Gasteiger partial charge in [0, 0.05) is 6.04 Å². The molecule has 3 heteroatoms. The van der Waals surface area contributed by atoms with Crippen LogP contribution in [-0.2, 0) is 4.79 Å². The van der Waals surface area contributed by atoms with E-state index in [1.807, 2.05) is 6.92 Å². The highest BCUT2D eigenvalue weighted by Gasteiger charge is 2.63. The fourth-order valence-electron chi connectivity index (χ4n) is 3.05. The van der Waals surface area contributed by atoms with Crippen LogP contribution in [0.1, 0.15) is 61.3 Å². The minimum atomic E-state index is -0.104. The standard InChI is InChI=1S/C16H32N2O/c1-8-12(9-2)18-14(19)11(3)17-10-13-15(4,5)16(13,6)7/h11-13,17H,8-10H2,1-7H3,(H,18,19). The van der Waals surface area contributed by atoms with Gasteiger partial charge in [0.15, 0.2) is 0 Å². The Balaban J connectivity index is 2.36. The van der Waals surface area contributed by atoms with Gasteiger partial charge in [-0.05, 0) is 43.1 Å². The number of rotatable bonds is 7. The molecule has 1 saturated carbocycles. The second kappa shape index (κ2) is 5.82. The van der Waals surface area contributed by atoms with Crippen LogP contribution in [0.5, 0.6) is 0 Å². The van der Waals surface area contributed by atoms with Gasteiger partial charge in [0.05, 0.1) is 6.04 Å². The molecule has 1 unspecified atom stereocenters. The van der Waals surface area contributed by atoms with E-state index in [0.29, 0.717) is 22.8 Å². The molecule has 1 fully saturated rings. The highest BCUT2D eigenvalue weighted by molar-refractivity contribution is 5.81. The predicted octanol–water partition coefficient (Wildman–Crippen LogP) is 2.95. The Morgan fingerprint density at radius 3 is 1.95 bits per heavy atom. The Morgan fingerprint density at radius 1 is 1.11 bits per heavy atom. The van der Waals surface area contributed by atoms with Gasteiger partial charge in [0.25, 0.3) is 0 Å². The molecule has 0 saturated heterocycles. The van der Waals surface area contributed by atoms with Crippen molar-refractivity contribution in [2.24, 2.45) is 16.7 Å². The van der Waals surface area contributed by atoms with Gasteiger partial charge in [-0.1, -0.05) is 41.5 Å². The lowest BCUT2D eigenvalue weighted by atomic mass is 10.0. The second-order valence-corrected chi connectivity index (χ2v) is 7.15. The maximum atomic E-state index is 12.1. The second-order valence-electron chi connectivity index (χ2n) is 7.15. The maximum absolute atomic E-state index is 12.1. The fourth-order valence-corrected chi connectivity index (χ4v) is 3.05. The Kier molecular flexibility index (Phi) is 5.05. The zero-order valence-corrected chi connectivity index (χ0v) is 13.8. The molecule has 1 aliphatic carbocycles. The van der Waals surface area contributed by atoms with Crippen LogP contribution in [0.15, 0.2) is 0 Å². The lowest BCUT2D eigenvalue weighted by Gasteiger charge is -2.19. The summed E-state index contributed by atoms with van der Waals surface area (Å²) in [6, 6.07) is 0.207. The van der Waals surface area contributed by atoms with Gasteiger partial charge in [-0.15, -0.1) is 0 Å². The van der Waals surface area contributed by atoms with Crippen molar-refractivity contribution in [2.45, 2.75) is 73.4 Å². The molecule has 0 radical (unpaired) electrons. The summed E-state index contributed by atoms with van der Waals surface area (Å²) >= 11 is 0. The van der Waals surface area contributed by atoms with Gasteiger partial charge in [0.2, 0.25) is 5.91 Å². The number of amides is 1. The molecule has 1 amide bonds. The summed E-state index contributed by atoms with van der Waals surface area (Å²) in [5.41, 5.74) is 0.761.